The highest BCUT2D eigenvalue weighted by atomic mass is 14.8. The number of hydrogen-bond donors (Lipinski definition) is 0. The van der Waals surface area contributed by atoms with Crippen LogP contribution in [-0.2, 0) is 0 Å². The molecule has 1 aliphatic heterocycles. The van der Waals surface area contributed by atoms with Gasteiger partial charge in [0.15, 0.2) is 0 Å². The Morgan fingerprint density at radius 3 is 2.76 bits per heavy atom. The van der Waals surface area contributed by atoms with Gasteiger partial charge < -0.3 is 0 Å². The van der Waals surface area contributed by atoms with E-state index in [1.807, 2.05) is 0 Å². The Hall–Kier alpha value is -2.67. The molecule has 0 spiro atoms. The average molecular weight is 380 g/mol. The summed E-state index contributed by atoms with van der Waals surface area (Å²) in [5, 5.41) is 2.70. The lowest BCUT2D eigenvalue weighted by Gasteiger charge is -2.33. The number of benzene rings is 2. The van der Waals surface area contributed by atoms with E-state index < -0.39 is 0 Å². The first kappa shape index (κ1) is 18.4. The molecule has 0 aromatic heterocycles. The number of nitrogens with zero attached hydrogens (tertiary/aromatic N) is 1. The zero-order valence-corrected chi connectivity index (χ0v) is 17.9. The Morgan fingerprint density at radius 1 is 1.07 bits per heavy atom. The van der Waals surface area contributed by atoms with Crippen LogP contribution in [0.2, 0.25) is 0 Å². The lowest BCUT2D eigenvalue weighted by molar-refractivity contribution is 0.465. The molecular weight excluding hydrogens is 350 g/mol. The molecular formula is C28H29N. The number of allylic oxidation sites excluding steroid dienone is 6. The van der Waals surface area contributed by atoms with Crippen molar-refractivity contribution in [1.82, 2.24) is 0 Å². The molecule has 0 bridgehead atoms. The van der Waals surface area contributed by atoms with E-state index in [0.29, 0.717) is 17.8 Å². The maximum Gasteiger partial charge on any atom is 0.0699 e. The van der Waals surface area contributed by atoms with Crippen molar-refractivity contribution in [2.24, 2.45) is 16.8 Å². The van der Waals surface area contributed by atoms with Crippen LogP contribution < -0.4 is 0 Å². The molecule has 2 aliphatic carbocycles. The van der Waals surface area contributed by atoms with Crippen LogP contribution in [-0.4, -0.2) is 6.21 Å². The minimum Gasteiger partial charge on any atom is -0.261 e. The summed E-state index contributed by atoms with van der Waals surface area (Å²) in [5.74, 6) is 1.52. The predicted molar refractivity (Wildman–Crippen MR) is 125 cm³/mol. The molecule has 0 fully saturated rings. The first-order chi connectivity index (χ1) is 14.1. The molecule has 1 heterocycles. The minimum atomic E-state index is 0.410. The van der Waals surface area contributed by atoms with Gasteiger partial charge in [0.2, 0.25) is 0 Å². The summed E-state index contributed by atoms with van der Waals surface area (Å²) >= 11 is 0. The Kier molecular flexibility index (Phi) is 4.42. The number of hydrogen-bond acceptors (Lipinski definition) is 1. The van der Waals surface area contributed by atoms with Gasteiger partial charge in [-0.1, -0.05) is 79.6 Å². The molecule has 146 valence electrons. The van der Waals surface area contributed by atoms with Crippen molar-refractivity contribution in [1.29, 1.82) is 0 Å². The predicted octanol–water partition coefficient (Wildman–Crippen LogP) is 7.54. The van der Waals surface area contributed by atoms with Gasteiger partial charge in [-0.25, -0.2) is 0 Å². The second-order valence-electron chi connectivity index (χ2n) is 8.91. The second kappa shape index (κ2) is 6.99. The molecule has 29 heavy (non-hydrogen) atoms. The van der Waals surface area contributed by atoms with E-state index in [1.54, 1.807) is 0 Å². The monoisotopic (exact) mass is 379 g/mol. The third kappa shape index (κ3) is 2.95. The molecule has 2 aromatic rings. The van der Waals surface area contributed by atoms with Crippen LogP contribution in [0.4, 0.5) is 0 Å². The summed E-state index contributed by atoms with van der Waals surface area (Å²) < 4.78 is 0. The molecule has 1 nitrogen and oxygen atoms in total. The van der Waals surface area contributed by atoms with Crippen molar-refractivity contribution < 1.29 is 0 Å². The van der Waals surface area contributed by atoms with Crippen LogP contribution in [0.15, 0.2) is 76.0 Å². The summed E-state index contributed by atoms with van der Waals surface area (Å²) in [5.41, 5.74) is 9.57. The van der Waals surface area contributed by atoms with Gasteiger partial charge in [-0.05, 0) is 71.6 Å². The fourth-order valence-corrected chi connectivity index (χ4v) is 5.55. The Bertz CT molecular complexity index is 1150. The van der Waals surface area contributed by atoms with Gasteiger partial charge in [0.25, 0.3) is 0 Å². The van der Waals surface area contributed by atoms with Gasteiger partial charge in [-0.15, -0.1) is 0 Å². The summed E-state index contributed by atoms with van der Waals surface area (Å²) in [4.78, 5) is 4.96. The van der Waals surface area contributed by atoms with E-state index in [2.05, 4.69) is 88.5 Å². The number of fused-ring (bicyclic) bond motifs is 5. The number of rotatable bonds is 2. The van der Waals surface area contributed by atoms with Crippen molar-refractivity contribution in [2.75, 3.05) is 0 Å². The topological polar surface area (TPSA) is 12.4 Å². The Morgan fingerprint density at radius 2 is 1.93 bits per heavy atom. The molecule has 3 unspecified atom stereocenters. The van der Waals surface area contributed by atoms with Crippen LogP contribution in [0.5, 0.6) is 0 Å². The molecule has 2 aromatic carbocycles. The average Bonchev–Trinajstić information content (AvgIpc) is 2.72. The smallest absolute Gasteiger partial charge is 0.0699 e. The molecule has 1 heteroatoms. The van der Waals surface area contributed by atoms with Crippen molar-refractivity contribution in [3.63, 3.8) is 0 Å². The fraction of sp³-hybridized carbons (Fsp3) is 0.321. The lowest BCUT2D eigenvalue weighted by atomic mass is 9.73. The number of aryl methyl sites for hydroxylation is 1. The summed E-state index contributed by atoms with van der Waals surface area (Å²) in [7, 11) is 0. The van der Waals surface area contributed by atoms with Crippen LogP contribution in [0.3, 0.4) is 0 Å². The first-order valence-electron chi connectivity index (χ1n) is 10.9. The van der Waals surface area contributed by atoms with Gasteiger partial charge in [0.05, 0.1) is 5.70 Å². The van der Waals surface area contributed by atoms with E-state index in [-0.39, 0.29) is 0 Å². The largest absolute Gasteiger partial charge is 0.261 e. The van der Waals surface area contributed by atoms with Crippen LogP contribution in [0.25, 0.3) is 16.8 Å². The summed E-state index contributed by atoms with van der Waals surface area (Å²) in [6, 6.07) is 11.4. The summed E-state index contributed by atoms with van der Waals surface area (Å²) in [6.07, 6.45) is 13.8. The second-order valence-corrected chi connectivity index (χ2v) is 8.91. The lowest BCUT2D eigenvalue weighted by Crippen LogP contribution is -2.21. The van der Waals surface area contributed by atoms with Crippen molar-refractivity contribution in [3.8, 4) is 0 Å². The normalized spacial score (nSPS) is 25.6. The maximum atomic E-state index is 4.96. The third-order valence-electron chi connectivity index (χ3n) is 6.92. The quantitative estimate of drug-likeness (QED) is 0.511. The van der Waals surface area contributed by atoms with Crippen LogP contribution in [0.1, 0.15) is 56.2 Å². The highest BCUT2D eigenvalue weighted by Crippen LogP contribution is 2.46. The SMILES string of the molecule is CCC1C(C2=C3C=Cc4c(ccc5cc(C)ccc45)C3CC=N2)=CC(C)=CC1C. The van der Waals surface area contributed by atoms with E-state index in [9.17, 15) is 0 Å². The highest BCUT2D eigenvalue weighted by Gasteiger charge is 2.31. The van der Waals surface area contributed by atoms with Crippen LogP contribution in [0, 0.1) is 18.8 Å². The highest BCUT2D eigenvalue weighted by molar-refractivity contribution is 5.94. The standard InChI is InChI=1S/C28H29N/c1-5-21-19(4)14-18(3)16-27(21)28-26-11-10-23-22-8-6-17(2)15-20(22)7-9-24(23)25(26)12-13-29-28/h6-11,13-16,19,21,25H,5,12H2,1-4H3. The minimum absolute atomic E-state index is 0.410. The van der Waals surface area contributed by atoms with Gasteiger partial charge in [0, 0.05) is 12.1 Å². The van der Waals surface area contributed by atoms with Crippen molar-refractivity contribution in [2.45, 2.75) is 46.5 Å². The molecule has 3 aliphatic rings. The van der Waals surface area contributed by atoms with E-state index in [0.717, 1.165) is 12.8 Å². The van der Waals surface area contributed by atoms with Gasteiger partial charge in [0.1, 0.15) is 0 Å². The zero-order valence-electron chi connectivity index (χ0n) is 17.9. The third-order valence-corrected chi connectivity index (χ3v) is 6.92. The molecule has 3 atom stereocenters. The van der Waals surface area contributed by atoms with Gasteiger partial charge in [-0.3, -0.25) is 4.99 Å². The van der Waals surface area contributed by atoms with E-state index in [1.165, 1.54) is 49.9 Å². The van der Waals surface area contributed by atoms with Crippen LogP contribution >= 0.6 is 0 Å². The Balaban J connectivity index is 1.67. The maximum absolute atomic E-state index is 4.96. The zero-order chi connectivity index (χ0) is 20.1. The summed E-state index contributed by atoms with van der Waals surface area (Å²) in [6.45, 7) is 9.04. The first-order valence-corrected chi connectivity index (χ1v) is 10.9. The van der Waals surface area contributed by atoms with Gasteiger partial charge >= 0.3 is 0 Å². The fourth-order valence-electron chi connectivity index (χ4n) is 5.55. The van der Waals surface area contributed by atoms with E-state index >= 15 is 0 Å². The molecule has 0 saturated heterocycles. The van der Waals surface area contributed by atoms with Gasteiger partial charge in [-0.2, -0.15) is 0 Å². The molecule has 5 rings (SSSR count). The van der Waals surface area contributed by atoms with E-state index in [4.69, 9.17) is 4.99 Å². The van der Waals surface area contributed by atoms with Crippen molar-refractivity contribution in [3.05, 3.63) is 87.7 Å². The molecule has 0 N–H and O–H groups in total. The number of aliphatic imine (C=N–C) groups is 1. The molecule has 0 saturated carbocycles. The Labute approximate surface area is 174 Å². The molecule has 0 amide bonds. The van der Waals surface area contributed by atoms with Crippen molar-refractivity contribution >= 4 is 23.1 Å². The molecule has 0 radical (unpaired) electrons.